The molecule has 0 aliphatic heterocycles. The van der Waals surface area contributed by atoms with E-state index >= 15 is 0 Å². The van der Waals surface area contributed by atoms with Gasteiger partial charge in [-0.1, -0.05) is 0 Å². The minimum absolute atomic E-state index is 0.298. The fourth-order valence-electron chi connectivity index (χ4n) is 2.23. The van der Waals surface area contributed by atoms with Gasteiger partial charge in [0.2, 0.25) is 0 Å². The first kappa shape index (κ1) is 13.8. The molecule has 3 rings (SSSR count). The standard InChI is InChI=1S/C15H11BrFN3O/c1-8-14(11-6-9(17)2-4-12(11)19-8)15(21)20-10-3-5-13(16)18-7-10/h2-7,19H,1H3,(H,20,21). The number of H-pyrrole nitrogens is 1. The molecule has 2 heterocycles. The number of aromatic amines is 1. The van der Waals surface area contributed by atoms with Gasteiger partial charge in [0, 0.05) is 16.6 Å². The number of fused-ring (bicyclic) bond motifs is 1. The summed E-state index contributed by atoms with van der Waals surface area (Å²) in [5, 5.41) is 3.32. The van der Waals surface area contributed by atoms with Gasteiger partial charge in [0.25, 0.3) is 5.91 Å². The number of hydrogen-bond donors (Lipinski definition) is 2. The van der Waals surface area contributed by atoms with Gasteiger partial charge in [-0.2, -0.15) is 0 Å². The predicted molar refractivity (Wildman–Crippen MR) is 82.9 cm³/mol. The van der Waals surface area contributed by atoms with Gasteiger partial charge >= 0.3 is 0 Å². The van der Waals surface area contributed by atoms with Crippen LogP contribution in [-0.2, 0) is 0 Å². The number of amides is 1. The summed E-state index contributed by atoms with van der Waals surface area (Å²) in [5.74, 6) is -0.672. The van der Waals surface area contributed by atoms with E-state index in [1.54, 1.807) is 31.3 Å². The molecule has 106 valence electrons. The molecule has 2 aromatic heterocycles. The predicted octanol–water partition coefficient (Wildman–Crippen LogP) is 4.03. The molecule has 3 aromatic rings. The van der Waals surface area contributed by atoms with Crippen LogP contribution in [0.15, 0.2) is 41.1 Å². The normalized spacial score (nSPS) is 10.8. The fraction of sp³-hybridized carbons (Fsp3) is 0.0667. The van der Waals surface area contributed by atoms with E-state index in [1.165, 1.54) is 12.1 Å². The molecule has 0 spiro atoms. The molecule has 0 radical (unpaired) electrons. The summed E-state index contributed by atoms with van der Waals surface area (Å²) in [6.07, 6.45) is 1.55. The molecule has 21 heavy (non-hydrogen) atoms. The third-order valence-electron chi connectivity index (χ3n) is 3.16. The van der Waals surface area contributed by atoms with Crippen molar-refractivity contribution in [2.75, 3.05) is 5.32 Å². The van der Waals surface area contributed by atoms with Crippen LogP contribution in [0.2, 0.25) is 0 Å². The lowest BCUT2D eigenvalue weighted by Gasteiger charge is -2.05. The zero-order valence-corrected chi connectivity index (χ0v) is 12.7. The number of hydrogen-bond acceptors (Lipinski definition) is 2. The van der Waals surface area contributed by atoms with Crippen molar-refractivity contribution in [3.63, 3.8) is 0 Å². The van der Waals surface area contributed by atoms with E-state index in [9.17, 15) is 9.18 Å². The second-order valence-electron chi connectivity index (χ2n) is 4.64. The molecule has 0 saturated carbocycles. The number of anilines is 1. The van der Waals surface area contributed by atoms with Crippen LogP contribution in [0, 0.1) is 12.7 Å². The third kappa shape index (κ3) is 2.67. The van der Waals surface area contributed by atoms with Crippen molar-refractivity contribution >= 4 is 38.4 Å². The van der Waals surface area contributed by atoms with Crippen LogP contribution in [0.4, 0.5) is 10.1 Å². The second-order valence-corrected chi connectivity index (χ2v) is 5.45. The van der Waals surface area contributed by atoms with Gasteiger partial charge in [-0.15, -0.1) is 0 Å². The minimum atomic E-state index is -0.374. The van der Waals surface area contributed by atoms with Crippen molar-refractivity contribution < 1.29 is 9.18 Å². The van der Waals surface area contributed by atoms with Crippen LogP contribution >= 0.6 is 15.9 Å². The molecular formula is C15H11BrFN3O. The molecule has 0 atom stereocenters. The number of benzene rings is 1. The number of nitrogens with zero attached hydrogens (tertiary/aromatic N) is 1. The number of aryl methyl sites for hydroxylation is 1. The summed E-state index contributed by atoms with van der Waals surface area (Å²) in [7, 11) is 0. The lowest BCUT2D eigenvalue weighted by Crippen LogP contribution is -2.12. The smallest absolute Gasteiger partial charge is 0.258 e. The first-order chi connectivity index (χ1) is 10.0. The monoisotopic (exact) mass is 347 g/mol. The maximum Gasteiger partial charge on any atom is 0.258 e. The number of rotatable bonds is 2. The maximum absolute atomic E-state index is 13.4. The Morgan fingerprint density at radius 2 is 2.14 bits per heavy atom. The molecule has 0 bridgehead atoms. The molecule has 0 saturated heterocycles. The SMILES string of the molecule is Cc1[nH]c2ccc(F)cc2c1C(=O)Nc1ccc(Br)nc1. The van der Waals surface area contributed by atoms with E-state index in [4.69, 9.17) is 0 Å². The topological polar surface area (TPSA) is 57.8 Å². The van der Waals surface area contributed by atoms with Crippen molar-refractivity contribution in [3.8, 4) is 0 Å². The zero-order valence-electron chi connectivity index (χ0n) is 11.1. The first-order valence-corrected chi connectivity index (χ1v) is 7.04. The lowest BCUT2D eigenvalue weighted by molar-refractivity contribution is 0.102. The molecule has 1 aromatic carbocycles. The summed E-state index contributed by atoms with van der Waals surface area (Å²) >= 11 is 3.23. The van der Waals surface area contributed by atoms with Crippen LogP contribution in [0.3, 0.4) is 0 Å². The molecule has 0 aliphatic rings. The Bertz CT molecular complexity index is 827. The summed E-state index contributed by atoms with van der Waals surface area (Å²) < 4.78 is 14.1. The summed E-state index contributed by atoms with van der Waals surface area (Å²) in [5.41, 5.74) is 2.44. The van der Waals surface area contributed by atoms with Gasteiger partial charge in [-0.3, -0.25) is 4.79 Å². The van der Waals surface area contributed by atoms with Gasteiger partial charge < -0.3 is 10.3 Å². The Hall–Kier alpha value is -2.21. The minimum Gasteiger partial charge on any atom is -0.358 e. The van der Waals surface area contributed by atoms with Crippen molar-refractivity contribution in [3.05, 3.63) is 58.2 Å². The van der Waals surface area contributed by atoms with Crippen molar-refractivity contribution in [2.45, 2.75) is 6.92 Å². The number of nitrogens with one attached hydrogen (secondary N) is 2. The Labute approximate surface area is 128 Å². The van der Waals surface area contributed by atoms with Crippen LogP contribution in [-0.4, -0.2) is 15.9 Å². The average molecular weight is 348 g/mol. The molecule has 6 heteroatoms. The molecule has 4 nitrogen and oxygen atoms in total. The van der Waals surface area contributed by atoms with Crippen LogP contribution in [0.5, 0.6) is 0 Å². The third-order valence-corrected chi connectivity index (χ3v) is 3.63. The number of pyridine rings is 1. The zero-order chi connectivity index (χ0) is 15.0. The molecule has 2 N–H and O–H groups in total. The van der Waals surface area contributed by atoms with Gasteiger partial charge in [0.05, 0.1) is 17.4 Å². The number of halogens is 2. The van der Waals surface area contributed by atoms with E-state index in [1.807, 2.05) is 0 Å². The van der Waals surface area contributed by atoms with E-state index in [0.29, 0.717) is 26.9 Å². The Kier molecular flexibility index (Phi) is 3.47. The molecule has 0 fully saturated rings. The highest BCUT2D eigenvalue weighted by molar-refractivity contribution is 9.10. The molecule has 1 amide bonds. The summed E-state index contributed by atoms with van der Waals surface area (Å²) in [6, 6.07) is 7.80. The second kappa shape index (κ2) is 5.29. The number of carbonyl (C=O) groups is 1. The molecular weight excluding hydrogens is 337 g/mol. The van der Waals surface area contributed by atoms with Gasteiger partial charge in [-0.05, 0) is 53.2 Å². The van der Waals surface area contributed by atoms with Crippen molar-refractivity contribution in [1.82, 2.24) is 9.97 Å². The quantitative estimate of drug-likeness (QED) is 0.687. The largest absolute Gasteiger partial charge is 0.358 e. The van der Waals surface area contributed by atoms with E-state index < -0.39 is 0 Å². The Balaban J connectivity index is 1.99. The van der Waals surface area contributed by atoms with E-state index in [2.05, 4.69) is 31.2 Å². The number of carbonyl (C=O) groups excluding carboxylic acids is 1. The van der Waals surface area contributed by atoms with Crippen LogP contribution in [0.1, 0.15) is 16.1 Å². The number of aromatic nitrogens is 2. The average Bonchev–Trinajstić information content (AvgIpc) is 2.76. The Morgan fingerprint density at radius 1 is 1.33 bits per heavy atom. The highest BCUT2D eigenvalue weighted by Crippen LogP contribution is 2.24. The summed E-state index contributed by atoms with van der Waals surface area (Å²) in [6.45, 7) is 1.78. The molecule has 0 aliphatic carbocycles. The van der Waals surface area contributed by atoms with Crippen LogP contribution in [0.25, 0.3) is 10.9 Å². The highest BCUT2D eigenvalue weighted by Gasteiger charge is 2.16. The van der Waals surface area contributed by atoms with Gasteiger partial charge in [0.15, 0.2) is 0 Å². The Morgan fingerprint density at radius 3 is 2.86 bits per heavy atom. The highest BCUT2D eigenvalue weighted by atomic mass is 79.9. The van der Waals surface area contributed by atoms with E-state index in [-0.39, 0.29) is 11.7 Å². The lowest BCUT2D eigenvalue weighted by atomic mass is 10.1. The summed E-state index contributed by atoms with van der Waals surface area (Å²) in [4.78, 5) is 19.5. The van der Waals surface area contributed by atoms with E-state index in [0.717, 1.165) is 5.52 Å². The fourth-order valence-corrected chi connectivity index (χ4v) is 2.47. The van der Waals surface area contributed by atoms with Crippen molar-refractivity contribution in [1.29, 1.82) is 0 Å². The maximum atomic E-state index is 13.4. The van der Waals surface area contributed by atoms with Crippen molar-refractivity contribution in [2.24, 2.45) is 0 Å². The molecule has 0 unspecified atom stereocenters. The van der Waals surface area contributed by atoms with Crippen LogP contribution < -0.4 is 5.32 Å². The van der Waals surface area contributed by atoms with Gasteiger partial charge in [-0.25, -0.2) is 9.37 Å². The van der Waals surface area contributed by atoms with Gasteiger partial charge in [0.1, 0.15) is 10.4 Å². The first-order valence-electron chi connectivity index (χ1n) is 6.25.